The molecule has 2 heteroatoms. The molecule has 3 unspecified atom stereocenters. The Morgan fingerprint density at radius 2 is 1.94 bits per heavy atom. The van der Waals surface area contributed by atoms with E-state index in [0.717, 1.165) is 12.5 Å². The molecule has 0 spiro atoms. The molecule has 0 aromatic rings. The lowest BCUT2D eigenvalue weighted by Crippen LogP contribution is -2.39. The van der Waals surface area contributed by atoms with E-state index in [9.17, 15) is 0 Å². The van der Waals surface area contributed by atoms with Crippen LogP contribution in [0.1, 0.15) is 71.6 Å². The summed E-state index contributed by atoms with van der Waals surface area (Å²) in [6.45, 7) is 5.54. The predicted octanol–water partition coefficient (Wildman–Crippen LogP) is 4.14. The molecule has 1 N–H and O–H groups in total. The average Bonchev–Trinajstić information content (AvgIpc) is 2.64. The van der Waals surface area contributed by atoms with Gasteiger partial charge in [0.25, 0.3) is 0 Å². The number of likely N-dealkylation sites (N-methyl/N-ethyl adjacent to an activating group) is 1. The van der Waals surface area contributed by atoms with Crippen LogP contribution in [0.15, 0.2) is 0 Å². The third kappa shape index (κ3) is 5.71. The lowest BCUT2D eigenvalue weighted by Gasteiger charge is -2.27. The van der Waals surface area contributed by atoms with Gasteiger partial charge < -0.3 is 10.1 Å². The Kier molecular flexibility index (Phi) is 8.70. The highest BCUT2D eigenvalue weighted by Crippen LogP contribution is 2.22. The Bertz CT molecular complexity index is 196. The molecular formula is C16H33NO. The van der Waals surface area contributed by atoms with Crippen LogP contribution in [0, 0.1) is 5.92 Å². The first-order valence-electron chi connectivity index (χ1n) is 8.10. The summed E-state index contributed by atoms with van der Waals surface area (Å²) >= 11 is 0. The van der Waals surface area contributed by atoms with Gasteiger partial charge in [0.2, 0.25) is 0 Å². The van der Waals surface area contributed by atoms with Gasteiger partial charge in [-0.1, -0.05) is 52.4 Å². The maximum atomic E-state index is 6.25. The number of unbranched alkanes of at least 4 members (excludes halogenated alkanes) is 1. The molecule has 18 heavy (non-hydrogen) atoms. The molecule has 0 heterocycles. The van der Waals surface area contributed by atoms with Crippen molar-refractivity contribution in [1.82, 2.24) is 5.32 Å². The van der Waals surface area contributed by atoms with Crippen LogP contribution in [0.5, 0.6) is 0 Å². The third-order valence-electron chi connectivity index (χ3n) is 4.41. The zero-order valence-electron chi connectivity index (χ0n) is 12.7. The van der Waals surface area contributed by atoms with Crippen molar-refractivity contribution in [2.75, 3.05) is 13.7 Å². The average molecular weight is 255 g/mol. The summed E-state index contributed by atoms with van der Waals surface area (Å²) in [5, 5.41) is 3.45. The molecule has 0 amide bonds. The second kappa shape index (κ2) is 9.80. The molecule has 1 fully saturated rings. The van der Waals surface area contributed by atoms with Crippen LogP contribution in [-0.2, 0) is 4.74 Å². The largest absolute Gasteiger partial charge is 0.376 e. The molecule has 0 aromatic carbocycles. The number of ether oxygens (including phenoxy) is 1. The maximum absolute atomic E-state index is 6.25. The smallest absolute Gasteiger partial charge is 0.0728 e. The van der Waals surface area contributed by atoms with E-state index in [2.05, 4.69) is 26.2 Å². The van der Waals surface area contributed by atoms with Crippen LogP contribution in [0.4, 0.5) is 0 Å². The fourth-order valence-corrected chi connectivity index (χ4v) is 2.96. The number of rotatable bonds is 8. The SMILES string of the molecule is CCCCC(CC)COC1CCCCCC1NC. The van der Waals surface area contributed by atoms with Gasteiger partial charge in [0.1, 0.15) is 0 Å². The molecule has 0 radical (unpaired) electrons. The minimum atomic E-state index is 0.452. The van der Waals surface area contributed by atoms with Crippen molar-refractivity contribution < 1.29 is 4.74 Å². The topological polar surface area (TPSA) is 21.3 Å². The first-order valence-corrected chi connectivity index (χ1v) is 8.10. The van der Waals surface area contributed by atoms with Crippen LogP contribution in [0.2, 0.25) is 0 Å². The molecule has 0 aromatic heterocycles. The van der Waals surface area contributed by atoms with E-state index < -0.39 is 0 Å². The van der Waals surface area contributed by atoms with Crippen molar-refractivity contribution in [3.63, 3.8) is 0 Å². The Morgan fingerprint density at radius 3 is 2.61 bits per heavy atom. The summed E-state index contributed by atoms with van der Waals surface area (Å²) in [6, 6.07) is 0.580. The van der Waals surface area contributed by atoms with Gasteiger partial charge in [-0.3, -0.25) is 0 Å². The monoisotopic (exact) mass is 255 g/mol. The lowest BCUT2D eigenvalue weighted by atomic mass is 10.00. The van der Waals surface area contributed by atoms with Crippen LogP contribution >= 0.6 is 0 Å². The highest BCUT2D eigenvalue weighted by molar-refractivity contribution is 4.79. The summed E-state index contributed by atoms with van der Waals surface area (Å²) < 4.78 is 6.25. The molecular weight excluding hydrogens is 222 g/mol. The fourth-order valence-electron chi connectivity index (χ4n) is 2.96. The molecule has 0 bridgehead atoms. The highest BCUT2D eigenvalue weighted by Gasteiger charge is 2.23. The van der Waals surface area contributed by atoms with E-state index in [1.54, 1.807) is 0 Å². The van der Waals surface area contributed by atoms with Crippen molar-refractivity contribution in [3.05, 3.63) is 0 Å². The van der Waals surface area contributed by atoms with Gasteiger partial charge in [-0.05, 0) is 32.2 Å². The molecule has 2 nitrogen and oxygen atoms in total. The molecule has 1 aliphatic carbocycles. The van der Waals surface area contributed by atoms with Crippen molar-refractivity contribution in [3.8, 4) is 0 Å². The standard InChI is InChI=1S/C16H33NO/c1-4-6-10-14(5-2)13-18-16-12-9-7-8-11-15(16)17-3/h14-17H,4-13H2,1-3H3. The van der Waals surface area contributed by atoms with E-state index in [4.69, 9.17) is 4.74 Å². The van der Waals surface area contributed by atoms with Crippen molar-refractivity contribution in [1.29, 1.82) is 0 Å². The molecule has 1 saturated carbocycles. The van der Waals surface area contributed by atoms with Crippen LogP contribution < -0.4 is 5.32 Å². The fraction of sp³-hybridized carbons (Fsp3) is 1.00. The zero-order chi connectivity index (χ0) is 13.2. The minimum absolute atomic E-state index is 0.452. The van der Waals surface area contributed by atoms with Gasteiger partial charge in [-0.25, -0.2) is 0 Å². The number of nitrogens with one attached hydrogen (secondary N) is 1. The van der Waals surface area contributed by atoms with Crippen molar-refractivity contribution in [2.24, 2.45) is 5.92 Å². The van der Waals surface area contributed by atoms with Crippen molar-refractivity contribution in [2.45, 2.75) is 83.8 Å². The maximum Gasteiger partial charge on any atom is 0.0728 e. The van der Waals surface area contributed by atoms with Crippen LogP contribution in [0.3, 0.4) is 0 Å². The van der Waals surface area contributed by atoms with Gasteiger partial charge in [0, 0.05) is 12.6 Å². The summed E-state index contributed by atoms with van der Waals surface area (Å²) in [7, 11) is 2.08. The van der Waals surface area contributed by atoms with Crippen LogP contribution in [0.25, 0.3) is 0 Å². The van der Waals surface area contributed by atoms with E-state index in [-0.39, 0.29) is 0 Å². The lowest BCUT2D eigenvalue weighted by molar-refractivity contribution is 0.00126. The van der Waals surface area contributed by atoms with Gasteiger partial charge in [0.15, 0.2) is 0 Å². The highest BCUT2D eigenvalue weighted by atomic mass is 16.5. The Hall–Kier alpha value is -0.0800. The Balaban J connectivity index is 2.33. The third-order valence-corrected chi connectivity index (χ3v) is 4.41. The second-order valence-corrected chi connectivity index (χ2v) is 5.82. The van der Waals surface area contributed by atoms with Gasteiger partial charge in [0.05, 0.1) is 6.10 Å². The summed E-state index contributed by atoms with van der Waals surface area (Å²) in [4.78, 5) is 0. The summed E-state index contributed by atoms with van der Waals surface area (Å²) in [5.74, 6) is 0.769. The van der Waals surface area contributed by atoms with E-state index in [0.29, 0.717) is 12.1 Å². The summed E-state index contributed by atoms with van der Waals surface area (Å²) in [6.07, 6.45) is 12.3. The molecule has 108 valence electrons. The minimum Gasteiger partial charge on any atom is -0.376 e. The number of hydrogen-bond acceptors (Lipinski definition) is 2. The normalized spacial score (nSPS) is 26.8. The Labute approximate surface area is 114 Å². The zero-order valence-corrected chi connectivity index (χ0v) is 12.7. The number of hydrogen-bond donors (Lipinski definition) is 1. The van der Waals surface area contributed by atoms with Gasteiger partial charge in [-0.2, -0.15) is 0 Å². The first-order chi connectivity index (χ1) is 8.81. The van der Waals surface area contributed by atoms with E-state index >= 15 is 0 Å². The Morgan fingerprint density at radius 1 is 1.17 bits per heavy atom. The first kappa shape index (κ1) is 16.0. The van der Waals surface area contributed by atoms with Crippen molar-refractivity contribution >= 4 is 0 Å². The second-order valence-electron chi connectivity index (χ2n) is 5.82. The molecule has 0 aliphatic heterocycles. The van der Waals surface area contributed by atoms with E-state index in [1.165, 1.54) is 57.8 Å². The predicted molar refractivity (Wildman–Crippen MR) is 79.0 cm³/mol. The van der Waals surface area contributed by atoms with Crippen LogP contribution in [-0.4, -0.2) is 25.8 Å². The van der Waals surface area contributed by atoms with E-state index in [1.807, 2.05) is 0 Å². The molecule has 1 rings (SSSR count). The molecule has 0 saturated heterocycles. The quantitative estimate of drug-likeness (QED) is 0.658. The van der Waals surface area contributed by atoms with Gasteiger partial charge >= 0.3 is 0 Å². The molecule has 1 aliphatic rings. The summed E-state index contributed by atoms with van der Waals surface area (Å²) in [5.41, 5.74) is 0. The van der Waals surface area contributed by atoms with Gasteiger partial charge in [-0.15, -0.1) is 0 Å². The molecule has 3 atom stereocenters.